The molecule has 7 nitrogen and oxygen atoms in total. The van der Waals surface area contributed by atoms with Crippen molar-refractivity contribution >= 4 is 21.8 Å². The van der Waals surface area contributed by atoms with Gasteiger partial charge in [0.1, 0.15) is 11.6 Å². The molecule has 0 radical (unpaired) electrons. The van der Waals surface area contributed by atoms with Crippen molar-refractivity contribution in [2.45, 2.75) is 16.7 Å². The predicted octanol–water partition coefficient (Wildman–Crippen LogP) is 1.81. The molecule has 0 aliphatic carbocycles. The number of carbonyl (C=O) groups is 1. The van der Waals surface area contributed by atoms with E-state index >= 15 is 0 Å². The zero-order valence-electron chi connectivity index (χ0n) is 14.3. The third kappa shape index (κ3) is 3.45. The van der Waals surface area contributed by atoms with Gasteiger partial charge in [0.2, 0.25) is 10.0 Å². The van der Waals surface area contributed by atoms with E-state index in [1.807, 2.05) is 5.32 Å². The summed E-state index contributed by atoms with van der Waals surface area (Å²) < 4.78 is 72.8. The van der Waals surface area contributed by atoms with Crippen LogP contribution in [0.15, 0.2) is 64.5 Å². The molecule has 0 aromatic heterocycles. The first-order valence-electron chi connectivity index (χ1n) is 7.80. The number of nitrogens with one attached hydrogen (secondary N) is 2. The van der Waals surface area contributed by atoms with Crippen LogP contribution >= 0.6 is 0 Å². The molecule has 0 spiro atoms. The predicted molar refractivity (Wildman–Crippen MR) is 93.2 cm³/mol. The van der Waals surface area contributed by atoms with Crippen molar-refractivity contribution < 1.29 is 31.1 Å². The van der Waals surface area contributed by atoms with E-state index in [2.05, 4.69) is 4.99 Å². The van der Waals surface area contributed by atoms with Gasteiger partial charge in [0.15, 0.2) is 0 Å². The molecular weight excluding hydrogens is 399 g/mol. The number of amidine groups is 1. The minimum absolute atomic E-state index is 0.200. The van der Waals surface area contributed by atoms with Gasteiger partial charge < -0.3 is 10.1 Å². The second-order valence-corrected chi connectivity index (χ2v) is 7.45. The van der Waals surface area contributed by atoms with Gasteiger partial charge in [-0.2, -0.15) is 17.9 Å². The average Bonchev–Trinajstić information content (AvgIpc) is 2.99. The molecule has 1 aliphatic rings. The second kappa shape index (κ2) is 6.91. The highest BCUT2D eigenvalue weighted by atomic mass is 32.2. The minimum atomic E-state index is -5.33. The van der Waals surface area contributed by atoms with Crippen molar-refractivity contribution in [2.24, 2.45) is 4.99 Å². The fraction of sp³-hybridized carbons (Fsp3) is 0.176. The van der Waals surface area contributed by atoms with Gasteiger partial charge in [-0.1, -0.05) is 30.3 Å². The van der Waals surface area contributed by atoms with Gasteiger partial charge in [0, 0.05) is 5.56 Å². The standard InChI is InChI=1S/C17H14F3N3O4S/c1-27-12-7-9-13(10-8-12)28(25,26)23-16(17(18,19)20)15(24)21-14(22-16)11-5-3-2-4-6-11/h2-10,23H,1H3,(H,21,22,24)/t16-/m1/s1. The topological polar surface area (TPSA) is 96.9 Å². The molecule has 0 bridgehead atoms. The van der Waals surface area contributed by atoms with Gasteiger partial charge >= 0.3 is 11.8 Å². The van der Waals surface area contributed by atoms with E-state index in [-0.39, 0.29) is 11.4 Å². The summed E-state index contributed by atoms with van der Waals surface area (Å²) in [4.78, 5) is 15.2. The Balaban J connectivity index is 2.05. The summed E-state index contributed by atoms with van der Waals surface area (Å²) in [5.74, 6) is -1.72. The van der Waals surface area contributed by atoms with Crippen LogP contribution in [0.25, 0.3) is 0 Å². The maximum Gasteiger partial charge on any atom is 0.437 e. The van der Waals surface area contributed by atoms with E-state index in [4.69, 9.17) is 4.74 Å². The van der Waals surface area contributed by atoms with E-state index in [1.54, 1.807) is 18.2 Å². The van der Waals surface area contributed by atoms with Crippen LogP contribution in [0.3, 0.4) is 0 Å². The summed E-state index contributed by atoms with van der Waals surface area (Å²) in [5.41, 5.74) is -3.48. The number of hydrogen-bond acceptors (Lipinski definition) is 5. The Labute approximate surface area is 158 Å². The number of ether oxygens (including phenoxy) is 1. The highest BCUT2D eigenvalue weighted by Gasteiger charge is 2.66. The smallest absolute Gasteiger partial charge is 0.437 e. The van der Waals surface area contributed by atoms with Crippen LogP contribution in [0.4, 0.5) is 13.2 Å². The van der Waals surface area contributed by atoms with Gasteiger partial charge in [-0.15, -0.1) is 0 Å². The molecule has 2 N–H and O–H groups in total. The molecule has 0 saturated heterocycles. The normalized spacial score (nSPS) is 19.9. The molecule has 11 heteroatoms. The number of nitrogens with zero attached hydrogens (tertiary/aromatic N) is 1. The second-order valence-electron chi connectivity index (χ2n) is 5.77. The molecule has 1 atom stereocenters. The number of hydrogen-bond donors (Lipinski definition) is 2. The van der Waals surface area contributed by atoms with E-state index in [0.717, 1.165) is 12.1 Å². The molecule has 0 unspecified atom stereocenters. The number of sulfonamides is 1. The van der Waals surface area contributed by atoms with Crippen LogP contribution in [0.1, 0.15) is 5.56 Å². The van der Waals surface area contributed by atoms with Crippen LogP contribution in [-0.4, -0.2) is 39.1 Å². The molecule has 2 aromatic rings. The number of carbonyl (C=O) groups excluding carboxylic acids is 1. The third-order valence-electron chi connectivity index (χ3n) is 3.95. The van der Waals surface area contributed by atoms with E-state index in [0.29, 0.717) is 5.75 Å². The number of rotatable bonds is 5. The van der Waals surface area contributed by atoms with Gasteiger partial charge in [0.05, 0.1) is 12.0 Å². The number of alkyl halides is 3. The molecule has 28 heavy (non-hydrogen) atoms. The third-order valence-corrected chi connectivity index (χ3v) is 5.41. The molecule has 1 heterocycles. The minimum Gasteiger partial charge on any atom is -0.497 e. The van der Waals surface area contributed by atoms with E-state index in [9.17, 15) is 26.4 Å². The zero-order chi connectivity index (χ0) is 20.6. The number of amides is 1. The number of methoxy groups -OCH3 is 1. The van der Waals surface area contributed by atoms with E-state index in [1.165, 1.54) is 36.1 Å². The SMILES string of the molecule is COc1ccc(S(=O)(=O)N[C@]2(C(F)(F)F)N=C(c3ccccc3)NC2=O)cc1. The molecule has 2 aromatic carbocycles. The fourth-order valence-electron chi connectivity index (χ4n) is 2.50. The summed E-state index contributed by atoms with van der Waals surface area (Å²) in [6, 6.07) is 12.2. The Kier molecular flexibility index (Phi) is 4.90. The van der Waals surface area contributed by atoms with Gasteiger partial charge in [-0.3, -0.25) is 4.79 Å². The van der Waals surface area contributed by atoms with Gasteiger partial charge in [-0.05, 0) is 24.3 Å². The van der Waals surface area contributed by atoms with Gasteiger partial charge in [-0.25, -0.2) is 13.4 Å². The Morgan fingerprint density at radius 1 is 1.07 bits per heavy atom. The maximum atomic E-state index is 13.8. The van der Waals surface area contributed by atoms with Crippen molar-refractivity contribution in [3.8, 4) is 5.75 Å². The van der Waals surface area contributed by atoms with Crippen molar-refractivity contribution in [2.75, 3.05) is 7.11 Å². The Bertz CT molecular complexity index is 1020. The monoisotopic (exact) mass is 413 g/mol. The first-order chi connectivity index (χ1) is 13.1. The number of aliphatic imine (C=N–C) groups is 1. The number of benzene rings is 2. The van der Waals surface area contributed by atoms with Crippen LogP contribution in [0.5, 0.6) is 5.75 Å². The summed E-state index contributed by atoms with van der Waals surface area (Å²) in [6.07, 6.45) is -5.33. The molecule has 1 aliphatic heterocycles. The molecule has 3 rings (SSSR count). The molecule has 148 valence electrons. The van der Waals surface area contributed by atoms with Crippen LogP contribution < -0.4 is 14.8 Å². The lowest BCUT2D eigenvalue weighted by Gasteiger charge is -2.26. The van der Waals surface area contributed by atoms with Crippen molar-refractivity contribution in [1.82, 2.24) is 10.0 Å². The lowest BCUT2D eigenvalue weighted by atomic mass is 10.2. The van der Waals surface area contributed by atoms with Crippen LogP contribution in [-0.2, 0) is 14.8 Å². The van der Waals surface area contributed by atoms with Crippen LogP contribution in [0.2, 0.25) is 0 Å². The Morgan fingerprint density at radius 3 is 2.21 bits per heavy atom. The summed E-state index contributed by atoms with van der Waals surface area (Å²) in [5, 5.41) is 2.00. The maximum absolute atomic E-state index is 13.8. The number of halogens is 3. The summed E-state index contributed by atoms with van der Waals surface area (Å²) >= 11 is 0. The zero-order valence-corrected chi connectivity index (χ0v) is 15.1. The van der Waals surface area contributed by atoms with E-state index < -0.39 is 32.7 Å². The van der Waals surface area contributed by atoms with Gasteiger partial charge in [0.25, 0.3) is 5.91 Å². The highest BCUT2D eigenvalue weighted by Crippen LogP contribution is 2.36. The van der Waals surface area contributed by atoms with Crippen molar-refractivity contribution in [1.29, 1.82) is 0 Å². The highest BCUT2D eigenvalue weighted by molar-refractivity contribution is 7.89. The lowest BCUT2D eigenvalue weighted by Crippen LogP contribution is -2.62. The first-order valence-corrected chi connectivity index (χ1v) is 9.29. The van der Waals surface area contributed by atoms with Crippen molar-refractivity contribution in [3.05, 3.63) is 60.2 Å². The molecular formula is C17H14F3N3O4S. The average molecular weight is 413 g/mol. The lowest BCUT2D eigenvalue weighted by molar-refractivity contribution is -0.190. The Morgan fingerprint density at radius 2 is 1.68 bits per heavy atom. The molecule has 0 saturated carbocycles. The van der Waals surface area contributed by atoms with Crippen molar-refractivity contribution in [3.63, 3.8) is 0 Å². The largest absolute Gasteiger partial charge is 0.497 e. The Hall–Kier alpha value is -2.92. The fourth-order valence-corrected chi connectivity index (χ4v) is 3.76. The quantitative estimate of drug-likeness (QED) is 0.781. The summed E-state index contributed by atoms with van der Waals surface area (Å²) in [7, 11) is -3.39. The van der Waals surface area contributed by atoms with Crippen LogP contribution in [0, 0.1) is 0 Å². The first kappa shape index (κ1) is 19.8. The molecule has 1 amide bonds. The summed E-state index contributed by atoms with van der Waals surface area (Å²) in [6.45, 7) is 0. The molecule has 0 fully saturated rings.